The third kappa shape index (κ3) is 7.87. The van der Waals surface area contributed by atoms with Crippen molar-refractivity contribution in [1.29, 1.82) is 0 Å². The molecule has 0 aromatic heterocycles. The molecule has 0 aliphatic carbocycles. The van der Waals surface area contributed by atoms with Crippen molar-refractivity contribution < 1.29 is 21.9 Å². The minimum atomic E-state index is -3.65. The molecule has 202 valence electrons. The van der Waals surface area contributed by atoms with E-state index in [0.29, 0.717) is 5.56 Å². The molecule has 0 radical (unpaired) electrons. The number of hydrogen-bond donors (Lipinski definition) is 1. The number of sulfonamides is 1. The molecule has 1 heterocycles. The summed E-state index contributed by atoms with van der Waals surface area (Å²) in [6.45, 7) is 17.6. The molecule has 3 aromatic carbocycles. The molecule has 1 fully saturated rings. The number of hydrogen-bond acceptors (Lipinski definition) is 4. The summed E-state index contributed by atoms with van der Waals surface area (Å²) in [5.74, 6) is 0. The van der Waals surface area contributed by atoms with Crippen LogP contribution in [0.2, 0.25) is 0 Å². The fourth-order valence-corrected chi connectivity index (χ4v) is 7.31. The molecule has 4 rings (SSSR count). The number of nitrogens with zero attached hydrogens (tertiary/aromatic N) is 2. The first-order valence-electron chi connectivity index (χ1n) is 11.8. The van der Waals surface area contributed by atoms with Gasteiger partial charge in [-0.2, -0.15) is 6.67 Å². The molecule has 1 aliphatic rings. The molecular weight excluding hydrogens is 614 g/mol. The first-order valence-corrected chi connectivity index (χ1v) is 18.8. The zero-order valence-electron chi connectivity index (χ0n) is 22.0. The first-order chi connectivity index (χ1) is 17.3. The number of nitrogens with two attached hydrogens (primary N) is 1. The van der Waals surface area contributed by atoms with Crippen molar-refractivity contribution in [1.82, 2.24) is 0 Å². The summed E-state index contributed by atoms with van der Waals surface area (Å²) in [4.78, 5) is 4.88. The van der Waals surface area contributed by atoms with Crippen LogP contribution in [-0.2, 0) is 23.5 Å². The van der Waals surface area contributed by atoms with Gasteiger partial charge in [-0.25, -0.2) is 0 Å². The Hall–Kier alpha value is -1.76. The van der Waals surface area contributed by atoms with E-state index in [2.05, 4.69) is 82.3 Å². The van der Waals surface area contributed by atoms with E-state index in [1.54, 1.807) is 16.7 Å². The molecule has 0 unspecified atom stereocenters. The number of rotatable bonds is 4. The van der Waals surface area contributed by atoms with Crippen molar-refractivity contribution >= 4 is 45.4 Å². The summed E-state index contributed by atoms with van der Waals surface area (Å²) in [5, 5.41) is 4.96. The molecule has 3 aromatic rings. The van der Waals surface area contributed by atoms with Crippen LogP contribution in [0.15, 0.2) is 53.4 Å². The van der Waals surface area contributed by atoms with Crippen molar-refractivity contribution in [2.24, 2.45) is 5.14 Å². The Morgan fingerprint density at radius 1 is 0.811 bits per heavy atom. The van der Waals surface area contributed by atoms with E-state index in [-0.39, 0.29) is 4.90 Å². The molecule has 0 bridgehead atoms. The van der Waals surface area contributed by atoms with Gasteiger partial charge >= 0.3 is 95.8 Å². The topological polar surface area (TPSA) is 66.6 Å². The third-order valence-corrected chi connectivity index (χ3v) is 8.87. The molecule has 5 nitrogen and oxygen atoms in total. The number of aryl methyl sites for hydroxylation is 6. The predicted octanol–water partition coefficient (Wildman–Crippen LogP) is 6.39. The van der Waals surface area contributed by atoms with Crippen molar-refractivity contribution in [2.75, 3.05) is 22.9 Å². The summed E-state index contributed by atoms with van der Waals surface area (Å²) < 4.78 is 23.6. The van der Waals surface area contributed by atoms with E-state index in [4.69, 9.17) is 24.5 Å². The maximum atomic E-state index is 11.0. The quantitative estimate of drug-likeness (QED) is 0.263. The monoisotopic (exact) mass is 648 g/mol. The summed E-state index contributed by atoms with van der Waals surface area (Å²) in [6.07, 6.45) is 0. The van der Waals surface area contributed by atoms with Gasteiger partial charge in [0.05, 0.1) is 0 Å². The standard InChI is InChI=1S/C21H27N2.C7H7NO2S.2ClH.Ru/c1-14-9-16(3)20(17(4)10-14)22-7-8-23(13-22)21-18(5)11-15(2)12-19(21)6;1-6-3-2-4-7(5-6)11(8,9)10;;;/h9-13H,7-8H2,1-6H3;1-5H,(H2,8,9,10);2*1H;/q-1;;;;+2/p-2. The van der Waals surface area contributed by atoms with Gasteiger partial charge in [0.1, 0.15) is 0 Å². The van der Waals surface area contributed by atoms with Crippen LogP contribution in [0.1, 0.15) is 38.9 Å². The van der Waals surface area contributed by atoms with E-state index < -0.39 is 23.5 Å². The van der Waals surface area contributed by atoms with E-state index in [0.717, 1.165) is 13.1 Å². The average Bonchev–Trinajstić information content (AvgIpc) is 3.21. The fraction of sp³-hybridized carbons (Fsp3) is 0.286. The van der Waals surface area contributed by atoms with Crippen molar-refractivity contribution in [3.05, 3.63) is 94.1 Å². The van der Waals surface area contributed by atoms with Gasteiger partial charge in [0, 0.05) is 24.5 Å². The van der Waals surface area contributed by atoms with Gasteiger partial charge in [0.15, 0.2) is 0 Å². The number of halogens is 2. The molecule has 0 amide bonds. The molecule has 0 atom stereocenters. The van der Waals surface area contributed by atoms with Gasteiger partial charge in [-0.1, -0.05) is 35.4 Å². The summed E-state index contributed by atoms with van der Waals surface area (Å²) in [7, 11) is 7.65. The predicted molar refractivity (Wildman–Crippen MR) is 155 cm³/mol. The minimum absolute atomic E-state index is 0.0648. The Kier molecular flexibility index (Phi) is 9.99. The second-order valence-corrected chi connectivity index (χ2v) is 16.7. The van der Waals surface area contributed by atoms with Crippen LogP contribution in [0.4, 0.5) is 11.4 Å². The first kappa shape index (κ1) is 29.8. The van der Waals surface area contributed by atoms with Crippen LogP contribution in [0.3, 0.4) is 0 Å². The van der Waals surface area contributed by atoms with Crippen LogP contribution < -0.4 is 14.9 Å². The maximum absolute atomic E-state index is 11.0. The van der Waals surface area contributed by atoms with Crippen LogP contribution >= 0.6 is 19.4 Å². The molecule has 1 aliphatic heterocycles. The average molecular weight is 649 g/mol. The molecule has 0 spiro atoms. The number of benzene rings is 3. The molecular formula is C28H34Cl2N3O2RuS-. The second-order valence-electron chi connectivity index (χ2n) is 9.42. The third-order valence-electron chi connectivity index (χ3n) is 6.09. The Balaban J connectivity index is 0.000000233. The second kappa shape index (κ2) is 12.4. The van der Waals surface area contributed by atoms with E-state index >= 15 is 0 Å². The van der Waals surface area contributed by atoms with Gasteiger partial charge in [0.25, 0.3) is 0 Å². The summed E-state index contributed by atoms with van der Waals surface area (Å²) in [5.41, 5.74) is 11.5. The molecule has 2 N–H and O–H groups in total. The Bertz CT molecular complexity index is 1330. The van der Waals surface area contributed by atoms with Crippen LogP contribution in [-0.4, -0.2) is 26.1 Å². The zero-order chi connectivity index (χ0) is 27.5. The van der Waals surface area contributed by atoms with Crippen molar-refractivity contribution in [2.45, 2.75) is 46.4 Å². The Morgan fingerprint density at radius 2 is 1.24 bits per heavy atom. The van der Waals surface area contributed by atoms with E-state index in [1.165, 1.54) is 56.9 Å². The summed E-state index contributed by atoms with van der Waals surface area (Å²) in [6, 6.07) is 15.3. The number of primary sulfonamides is 1. The van der Waals surface area contributed by atoms with Crippen LogP contribution in [0, 0.1) is 48.2 Å². The molecule has 9 heteroatoms. The van der Waals surface area contributed by atoms with Gasteiger partial charge < -0.3 is 9.80 Å². The summed E-state index contributed by atoms with van der Waals surface area (Å²) >= 11 is -1.93. The normalized spacial score (nSPS) is 13.8. The van der Waals surface area contributed by atoms with Crippen LogP contribution in [0.5, 0.6) is 0 Å². The van der Waals surface area contributed by atoms with Gasteiger partial charge in [-0.05, 0) is 63.8 Å². The SMILES string of the molecule is Cc1cc(C)c(N2[CH-]N(c3c(C)cc(C)cc3C)CC2)c(C)c1.NS(=O)(=O)c1cccc([CH]=[Ru]([Cl])[Cl])c1. The van der Waals surface area contributed by atoms with Gasteiger partial charge in [-0.3, -0.25) is 0 Å². The molecule has 0 saturated carbocycles. The fourth-order valence-electron chi connectivity index (χ4n) is 4.93. The van der Waals surface area contributed by atoms with Crippen LogP contribution in [0.25, 0.3) is 0 Å². The zero-order valence-corrected chi connectivity index (χ0v) is 26.1. The van der Waals surface area contributed by atoms with E-state index in [1.807, 2.05) is 0 Å². The van der Waals surface area contributed by atoms with Crippen molar-refractivity contribution in [3.8, 4) is 0 Å². The van der Waals surface area contributed by atoms with Gasteiger partial charge in [-0.15, -0.1) is 0 Å². The van der Waals surface area contributed by atoms with Gasteiger partial charge in [0.2, 0.25) is 0 Å². The number of anilines is 2. The molecule has 1 saturated heterocycles. The van der Waals surface area contributed by atoms with E-state index in [9.17, 15) is 8.42 Å². The van der Waals surface area contributed by atoms with Crippen molar-refractivity contribution in [3.63, 3.8) is 0 Å². The Morgan fingerprint density at radius 3 is 1.62 bits per heavy atom. The molecule has 37 heavy (non-hydrogen) atoms. The Labute approximate surface area is 234 Å².